The molecule has 1 aliphatic rings. The molecular weight excluding hydrogens is 410 g/mol. The molecule has 1 atom stereocenters. The van der Waals surface area contributed by atoms with Crippen LogP contribution in [0.1, 0.15) is 11.1 Å². The number of anilines is 1. The van der Waals surface area contributed by atoms with Gasteiger partial charge in [0.05, 0.1) is 6.04 Å². The summed E-state index contributed by atoms with van der Waals surface area (Å²) in [7, 11) is 0. The lowest BCUT2D eigenvalue weighted by molar-refractivity contribution is -0.122. The molecule has 6 nitrogen and oxygen atoms in total. The summed E-state index contributed by atoms with van der Waals surface area (Å²) in [5.41, 5.74) is 3.00. The summed E-state index contributed by atoms with van der Waals surface area (Å²) in [5, 5.41) is 8.91. The fraction of sp³-hybridized carbons (Fsp3) is 0.333. The van der Waals surface area contributed by atoms with E-state index in [9.17, 15) is 9.59 Å². The third-order valence-electron chi connectivity index (χ3n) is 4.37. The highest BCUT2D eigenvalue weighted by Gasteiger charge is 2.21. The zero-order valence-corrected chi connectivity index (χ0v) is 17.9. The monoisotopic (exact) mass is 435 g/mol. The van der Waals surface area contributed by atoms with Gasteiger partial charge in [0.1, 0.15) is 5.75 Å². The normalized spacial score (nSPS) is 15.3. The Morgan fingerprint density at radius 3 is 2.52 bits per heavy atom. The number of thioether (sulfide) groups is 1. The van der Waals surface area contributed by atoms with Gasteiger partial charge >= 0.3 is 0 Å². The molecule has 1 heterocycles. The molecule has 1 saturated heterocycles. The molecule has 0 aromatic heterocycles. The molecule has 0 saturated carbocycles. The number of nitrogens with one attached hydrogen (secondary N) is 3. The van der Waals surface area contributed by atoms with Gasteiger partial charge < -0.3 is 15.4 Å². The Labute approximate surface area is 181 Å². The van der Waals surface area contributed by atoms with Crippen molar-refractivity contribution in [1.29, 1.82) is 0 Å². The number of hydrogen-bond acceptors (Lipinski definition) is 5. The molecule has 1 fully saturated rings. The predicted octanol–water partition coefficient (Wildman–Crippen LogP) is 2.76. The molecule has 0 spiro atoms. The summed E-state index contributed by atoms with van der Waals surface area (Å²) < 4.78 is 5.54. The second-order valence-electron chi connectivity index (χ2n) is 6.66. The lowest BCUT2D eigenvalue weighted by atomic mass is 10.1. The van der Waals surface area contributed by atoms with E-state index in [1.807, 2.05) is 55.5 Å². The van der Waals surface area contributed by atoms with Gasteiger partial charge in [0.25, 0.3) is 5.91 Å². The minimum absolute atomic E-state index is 0. The van der Waals surface area contributed by atoms with Gasteiger partial charge in [-0.3, -0.25) is 14.9 Å². The molecule has 8 heteroatoms. The van der Waals surface area contributed by atoms with Gasteiger partial charge in [-0.05, 0) is 43.2 Å². The van der Waals surface area contributed by atoms with Crippen molar-refractivity contribution in [3.63, 3.8) is 0 Å². The first-order valence-corrected chi connectivity index (χ1v) is 10.4. The number of hydrogen-bond donors (Lipinski definition) is 3. The third kappa shape index (κ3) is 7.61. The van der Waals surface area contributed by atoms with E-state index in [2.05, 4.69) is 16.0 Å². The molecule has 0 aliphatic carbocycles. The first-order valence-electron chi connectivity index (χ1n) is 9.27. The van der Waals surface area contributed by atoms with Crippen LogP contribution in [0.2, 0.25) is 0 Å². The first kappa shape index (κ1) is 23.1. The van der Waals surface area contributed by atoms with Crippen LogP contribution in [0.25, 0.3) is 0 Å². The van der Waals surface area contributed by atoms with Crippen LogP contribution in [0.15, 0.2) is 48.5 Å². The largest absolute Gasteiger partial charge is 0.484 e. The summed E-state index contributed by atoms with van der Waals surface area (Å²) in [6, 6.07) is 15.1. The molecule has 1 unspecified atom stereocenters. The standard InChI is InChI=1S/C21H25N3O3S.ClH/c1-15-2-6-17(7-3-15)24-20(25)12-27-18-8-4-16(5-9-18)10-11-22-21(26)19-13-28-14-23-19;/h2-9,19,23H,10-14H2,1H3,(H,22,26)(H,24,25);1H. The maximum atomic E-state index is 12.0. The zero-order chi connectivity index (χ0) is 19.8. The summed E-state index contributed by atoms with van der Waals surface area (Å²) in [4.78, 5) is 23.9. The maximum Gasteiger partial charge on any atom is 0.262 e. The fourth-order valence-electron chi connectivity index (χ4n) is 2.75. The summed E-state index contributed by atoms with van der Waals surface area (Å²) in [5.74, 6) is 2.16. The Balaban J connectivity index is 0.00000300. The number of rotatable bonds is 8. The van der Waals surface area contributed by atoms with Gasteiger partial charge in [0.2, 0.25) is 5.91 Å². The number of carbonyl (C=O) groups excluding carboxylic acids is 2. The predicted molar refractivity (Wildman–Crippen MR) is 120 cm³/mol. The molecule has 3 rings (SSSR count). The molecule has 2 aromatic carbocycles. The van der Waals surface area contributed by atoms with Gasteiger partial charge in [-0.1, -0.05) is 29.8 Å². The topological polar surface area (TPSA) is 79.5 Å². The number of halogens is 1. The Morgan fingerprint density at radius 1 is 1.14 bits per heavy atom. The number of amides is 2. The van der Waals surface area contributed by atoms with E-state index >= 15 is 0 Å². The van der Waals surface area contributed by atoms with Crippen LogP contribution in [-0.4, -0.2) is 42.6 Å². The van der Waals surface area contributed by atoms with Gasteiger partial charge in [-0.15, -0.1) is 24.2 Å². The summed E-state index contributed by atoms with van der Waals surface area (Å²) in [6.07, 6.45) is 0.750. The van der Waals surface area contributed by atoms with Crippen molar-refractivity contribution >= 4 is 41.7 Å². The molecule has 156 valence electrons. The SMILES string of the molecule is Cc1ccc(NC(=O)COc2ccc(CCNC(=O)C3CSCN3)cc2)cc1.Cl. The molecule has 0 radical (unpaired) electrons. The lowest BCUT2D eigenvalue weighted by Crippen LogP contribution is -2.42. The minimum Gasteiger partial charge on any atom is -0.484 e. The average Bonchev–Trinajstić information content (AvgIpc) is 3.24. The van der Waals surface area contributed by atoms with Crippen molar-refractivity contribution in [3.05, 3.63) is 59.7 Å². The molecule has 2 amide bonds. The van der Waals surface area contributed by atoms with E-state index in [0.717, 1.165) is 34.9 Å². The number of carbonyl (C=O) groups is 2. The molecule has 3 N–H and O–H groups in total. The number of ether oxygens (including phenoxy) is 1. The van der Waals surface area contributed by atoms with Crippen molar-refractivity contribution in [2.75, 3.05) is 30.1 Å². The van der Waals surface area contributed by atoms with Gasteiger partial charge in [0.15, 0.2) is 6.61 Å². The Hall–Kier alpha value is -2.22. The minimum atomic E-state index is -0.200. The van der Waals surface area contributed by atoms with Crippen LogP contribution < -0.4 is 20.7 Å². The lowest BCUT2D eigenvalue weighted by Gasteiger charge is -2.11. The highest BCUT2D eigenvalue weighted by Crippen LogP contribution is 2.14. The Kier molecular flexibility index (Phi) is 9.31. The molecule has 0 bridgehead atoms. The molecule has 29 heavy (non-hydrogen) atoms. The van der Waals surface area contributed by atoms with Gasteiger partial charge in [-0.25, -0.2) is 0 Å². The second-order valence-corrected chi connectivity index (χ2v) is 7.69. The van der Waals surface area contributed by atoms with E-state index in [1.165, 1.54) is 0 Å². The molecule has 1 aliphatic heterocycles. The number of benzene rings is 2. The van der Waals surface area contributed by atoms with Crippen LogP contribution in [0.5, 0.6) is 5.75 Å². The summed E-state index contributed by atoms with van der Waals surface area (Å²) >= 11 is 1.73. The first-order chi connectivity index (χ1) is 13.6. The Bertz CT molecular complexity index is 794. The highest BCUT2D eigenvalue weighted by molar-refractivity contribution is 7.99. The van der Waals surface area contributed by atoms with Crippen molar-refractivity contribution < 1.29 is 14.3 Å². The molecule has 2 aromatic rings. The maximum absolute atomic E-state index is 12.0. The van der Waals surface area contributed by atoms with E-state index in [1.54, 1.807) is 11.8 Å². The Morgan fingerprint density at radius 2 is 1.86 bits per heavy atom. The van der Waals surface area contributed by atoms with Crippen molar-refractivity contribution in [1.82, 2.24) is 10.6 Å². The van der Waals surface area contributed by atoms with Crippen LogP contribution in [0.3, 0.4) is 0 Å². The molecular formula is C21H26ClN3O3S. The van der Waals surface area contributed by atoms with Crippen molar-refractivity contribution in [2.45, 2.75) is 19.4 Å². The van der Waals surface area contributed by atoms with Crippen LogP contribution in [0.4, 0.5) is 5.69 Å². The smallest absolute Gasteiger partial charge is 0.262 e. The van der Waals surface area contributed by atoms with Crippen LogP contribution in [-0.2, 0) is 16.0 Å². The highest BCUT2D eigenvalue weighted by atomic mass is 35.5. The van der Waals surface area contributed by atoms with Crippen molar-refractivity contribution in [2.24, 2.45) is 0 Å². The van der Waals surface area contributed by atoms with Crippen LogP contribution >= 0.6 is 24.2 Å². The van der Waals surface area contributed by atoms with E-state index in [0.29, 0.717) is 12.3 Å². The number of aryl methyl sites for hydroxylation is 1. The van der Waals surface area contributed by atoms with Gasteiger partial charge in [-0.2, -0.15) is 0 Å². The van der Waals surface area contributed by atoms with Crippen molar-refractivity contribution in [3.8, 4) is 5.75 Å². The average molecular weight is 436 g/mol. The van der Waals surface area contributed by atoms with E-state index in [4.69, 9.17) is 4.74 Å². The third-order valence-corrected chi connectivity index (χ3v) is 5.31. The second kappa shape index (κ2) is 11.7. The zero-order valence-electron chi connectivity index (χ0n) is 16.3. The van der Waals surface area contributed by atoms with E-state index < -0.39 is 0 Å². The van der Waals surface area contributed by atoms with E-state index in [-0.39, 0.29) is 36.9 Å². The van der Waals surface area contributed by atoms with Gasteiger partial charge in [0, 0.05) is 23.9 Å². The quantitative estimate of drug-likeness (QED) is 0.594. The van der Waals surface area contributed by atoms with Crippen LogP contribution in [0, 0.1) is 6.92 Å². The fourth-order valence-corrected chi connectivity index (χ4v) is 3.69. The summed E-state index contributed by atoms with van der Waals surface area (Å²) in [6.45, 7) is 2.55.